The van der Waals surface area contributed by atoms with Gasteiger partial charge in [0, 0.05) is 23.3 Å². The van der Waals surface area contributed by atoms with Crippen molar-refractivity contribution >= 4 is 23.4 Å². The molecule has 1 atom stereocenters. The molecular weight excluding hydrogens is 432 g/mol. The number of ether oxygens (including phenoxy) is 1. The Balaban J connectivity index is 1.84. The first-order valence-corrected chi connectivity index (χ1v) is 12.5. The van der Waals surface area contributed by atoms with Gasteiger partial charge in [-0.05, 0) is 37.8 Å². The Morgan fingerprint density at radius 1 is 1.15 bits per heavy atom. The highest BCUT2D eigenvalue weighted by atomic mass is 32.2. The van der Waals surface area contributed by atoms with Crippen LogP contribution in [0.5, 0.6) is 5.88 Å². The Labute approximate surface area is 199 Å². The smallest absolute Gasteiger partial charge is 0.247 e. The van der Waals surface area contributed by atoms with E-state index >= 15 is 0 Å². The second-order valence-electron chi connectivity index (χ2n) is 8.69. The van der Waals surface area contributed by atoms with Crippen LogP contribution in [0.25, 0.3) is 11.3 Å². The van der Waals surface area contributed by atoms with Crippen molar-refractivity contribution in [2.75, 3.05) is 10.7 Å². The van der Waals surface area contributed by atoms with Gasteiger partial charge in [0.15, 0.2) is 5.69 Å². The van der Waals surface area contributed by atoms with Crippen LogP contribution >= 0.6 is 11.8 Å². The second kappa shape index (κ2) is 10.3. The summed E-state index contributed by atoms with van der Waals surface area (Å²) in [5, 5.41) is 9.50. The van der Waals surface area contributed by atoms with E-state index in [-0.39, 0.29) is 5.91 Å². The maximum Gasteiger partial charge on any atom is 0.247 e. The van der Waals surface area contributed by atoms with Crippen molar-refractivity contribution in [3.63, 3.8) is 0 Å². The minimum absolute atomic E-state index is 0.00348. The molecule has 0 saturated heterocycles. The fourth-order valence-electron chi connectivity index (χ4n) is 3.76. The summed E-state index contributed by atoms with van der Waals surface area (Å²) >= 11 is 1.58. The van der Waals surface area contributed by atoms with Gasteiger partial charge in [0.1, 0.15) is 0 Å². The van der Waals surface area contributed by atoms with Crippen molar-refractivity contribution in [1.82, 2.24) is 15.2 Å². The van der Waals surface area contributed by atoms with E-state index in [1.165, 1.54) is 0 Å². The predicted octanol–water partition coefficient (Wildman–Crippen LogP) is 6.21. The Morgan fingerprint density at radius 2 is 1.94 bits per heavy atom. The highest BCUT2D eigenvalue weighted by Crippen LogP contribution is 2.44. The largest absolute Gasteiger partial charge is 0.447 e. The van der Waals surface area contributed by atoms with Gasteiger partial charge in [0.2, 0.25) is 23.2 Å². The van der Waals surface area contributed by atoms with Crippen LogP contribution in [0.2, 0.25) is 0 Å². The van der Waals surface area contributed by atoms with Gasteiger partial charge >= 0.3 is 0 Å². The summed E-state index contributed by atoms with van der Waals surface area (Å²) in [6, 6.07) is 15.8. The molecule has 2 aromatic carbocycles. The molecule has 0 N–H and O–H groups in total. The van der Waals surface area contributed by atoms with Gasteiger partial charge in [-0.25, -0.2) is 0 Å². The molecule has 0 radical (unpaired) electrons. The molecule has 33 heavy (non-hydrogen) atoms. The molecule has 3 aromatic rings. The standard InChI is InChI=1S/C26H30N4O2S/c1-5-9-22(31)30-21-13-12-18(4)16-20(21)23-24(32-25(30)19-10-7-6-8-11-19)27-26(29-28-23)33-15-14-17(2)3/h6-8,10-13,16-17,25H,5,9,14-15H2,1-4H3/t25-/m0/s1. The molecule has 6 nitrogen and oxygen atoms in total. The van der Waals surface area contributed by atoms with Gasteiger partial charge in [-0.3, -0.25) is 9.69 Å². The molecule has 0 spiro atoms. The number of rotatable bonds is 7. The van der Waals surface area contributed by atoms with Crippen LogP contribution in [0.1, 0.15) is 57.4 Å². The van der Waals surface area contributed by atoms with Crippen LogP contribution in [0.15, 0.2) is 53.7 Å². The fraction of sp³-hybridized carbons (Fsp3) is 0.385. The second-order valence-corrected chi connectivity index (χ2v) is 9.76. The Hall–Kier alpha value is -2.93. The number of hydrogen-bond donors (Lipinski definition) is 0. The van der Waals surface area contributed by atoms with Crippen molar-refractivity contribution in [2.45, 2.75) is 58.3 Å². The van der Waals surface area contributed by atoms with E-state index in [2.05, 4.69) is 24.0 Å². The zero-order valence-electron chi connectivity index (χ0n) is 19.6. The highest BCUT2D eigenvalue weighted by Gasteiger charge is 2.35. The third-order valence-electron chi connectivity index (χ3n) is 5.50. The molecule has 0 unspecified atom stereocenters. The molecule has 0 bridgehead atoms. The maximum absolute atomic E-state index is 13.4. The minimum Gasteiger partial charge on any atom is -0.447 e. The van der Waals surface area contributed by atoms with Crippen LogP contribution in [-0.2, 0) is 4.79 Å². The van der Waals surface area contributed by atoms with E-state index in [0.717, 1.165) is 41.0 Å². The van der Waals surface area contributed by atoms with Gasteiger partial charge in [-0.2, -0.15) is 4.98 Å². The molecule has 0 fully saturated rings. The number of hydrogen-bond acceptors (Lipinski definition) is 6. The third kappa shape index (κ3) is 5.19. The lowest BCUT2D eigenvalue weighted by Crippen LogP contribution is -2.37. The van der Waals surface area contributed by atoms with Crippen LogP contribution in [0.4, 0.5) is 5.69 Å². The third-order valence-corrected chi connectivity index (χ3v) is 6.37. The van der Waals surface area contributed by atoms with Gasteiger partial charge in [0.05, 0.1) is 5.69 Å². The van der Waals surface area contributed by atoms with E-state index in [4.69, 9.17) is 9.72 Å². The normalized spacial score (nSPS) is 14.9. The topological polar surface area (TPSA) is 68.2 Å². The van der Waals surface area contributed by atoms with E-state index < -0.39 is 6.23 Å². The van der Waals surface area contributed by atoms with E-state index in [0.29, 0.717) is 29.1 Å². The lowest BCUT2D eigenvalue weighted by molar-refractivity contribution is -0.120. The average molecular weight is 463 g/mol. The number of amides is 1. The SMILES string of the molecule is CCCC(=O)N1c2ccc(C)cc2-c2nnc(SCCC(C)C)nc2O[C@H]1c1ccccc1. The van der Waals surface area contributed by atoms with Gasteiger partial charge in [-0.15, -0.1) is 10.2 Å². The first kappa shape index (κ1) is 23.2. The van der Waals surface area contributed by atoms with Crippen LogP contribution < -0.4 is 9.64 Å². The number of nitrogens with zero attached hydrogens (tertiary/aromatic N) is 4. The number of thioether (sulfide) groups is 1. The molecule has 0 saturated carbocycles. The van der Waals surface area contributed by atoms with Gasteiger partial charge in [0.25, 0.3) is 0 Å². The molecule has 1 aromatic heterocycles. The summed E-state index contributed by atoms with van der Waals surface area (Å²) in [5.41, 5.74) is 4.09. The van der Waals surface area contributed by atoms with Crippen molar-refractivity contribution in [1.29, 1.82) is 0 Å². The maximum atomic E-state index is 13.4. The molecule has 2 heterocycles. The Bertz CT molecular complexity index is 1120. The quantitative estimate of drug-likeness (QED) is 0.389. The van der Waals surface area contributed by atoms with Crippen LogP contribution in [0.3, 0.4) is 0 Å². The first-order chi connectivity index (χ1) is 16.0. The zero-order chi connectivity index (χ0) is 23.4. The number of benzene rings is 2. The minimum atomic E-state index is -0.641. The van der Waals surface area contributed by atoms with E-state index in [9.17, 15) is 4.79 Å². The van der Waals surface area contributed by atoms with Crippen molar-refractivity contribution in [3.05, 3.63) is 59.7 Å². The predicted molar refractivity (Wildman–Crippen MR) is 132 cm³/mol. The lowest BCUT2D eigenvalue weighted by Gasteiger charge is -2.31. The molecule has 1 amide bonds. The average Bonchev–Trinajstić information content (AvgIpc) is 2.93. The van der Waals surface area contributed by atoms with E-state index in [1.807, 2.05) is 62.4 Å². The van der Waals surface area contributed by atoms with Crippen molar-refractivity contribution in [3.8, 4) is 17.1 Å². The fourth-order valence-corrected chi connectivity index (χ4v) is 4.78. The summed E-state index contributed by atoms with van der Waals surface area (Å²) in [5.74, 6) is 1.93. The molecule has 172 valence electrons. The number of fused-ring (bicyclic) bond motifs is 3. The molecule has 1 aliphatic rings. The molecule has 0 aliphatic carbocycles. The summed E-state index contributed by atoms with van der Waals surface area (Å²) in [7, 11) is 0. The first-order valence-electron chi connectivity index (χ1n) is 11.5. The van der Waals surface area contributed by atoms with Gasteiger partial charge < -0.3 is 4.74 Å². The van der Waals surface area contributed by atoms with Crippen LogP contribution in [0, 0.1) is 12.8 Å². The Kier molecular flexibility index (Phi) is 7.28. The number of carbonyl (C=O) groups is 1. The summed E-state index contributed by atoms with van der Waals surface area (Å²) in [6.07, 6.45) is 1.60. The number of anilines is 1. The number of carbonyl (C=O) groups excluding carboxylic acids is 1. The van der Waals surface area contributed by atoms with Crippen molar-refractivity contribution < 1.29 is 9.53 Å². The monoisotopic (exact) mass is 462 g/mol. The summed E-state index contributed by atoms with van der Waals surface area (Å²) in [6.45, 7) is 8.43. The number of aryl methyl sites for hydroxylation is 1. The zero-order valence-corrected chi connectivity index (χ0v) is 20.4. The van der Waals surface area contributed by atoms with E-state index in [1.54, 1.807) is 16.7 Å². The molecular formula is C26H30N4O2S. The Morgan fingerprint density at radius 3 is 2.67 bits per heavy atom. The lowest BCUT2D eigenvalue weighted by atomic mass is 10.0. The van der Waals surface area contributed by atoms with Crippen LogP contribution in [-0.4, -0.2) is 26.8 Å². The summed E-state index contributed by atoms with van der Waals surface area (Å²) in [4.78, 5) is 19.9. The molecule has 1 aliphatic heterocycles. The van der Waals surface area contributed by atoms with Gasteiger partial charge in [-0.1, -0.05) is 74.5 Å². The molecule has 4 rings (SSSR count). The van der Waals surface area contributed by atoms with Crippen molar-refractivity contribution in [2.24, 2.45) is 5.92 Å². The number of aromatic nitrogens is 3. The molecule has 7 heteroatoms. The summed E-state index contributed by atoms with van der Waals surface area (Å²) < 4.78 is 6.49. The highest BCUT2D eigenvalue weighted by molar-refractivity contribution is 7.99.